The van der Waals surface area contributed by atoms with Crippen LogP contribution in [-0.2, 0) is 0 Å². The van der Waals surface area contributed by atoms with E-state index in [9.17, 15) is 0 Å². The van der Waals surface area contributed by atoms with Gasteiger partial charge in [0, 0.05) is 10.7 Å². The number of thiocarbonyl (C=S) groups is 1. The predicted molar refractivity (Wildman–Crippen MR) is 57.5 cm³/mol. The van der Waals surface area contributed by atoms with Crippen LogP contribution >= 0.6 is 23.8 Å². The number of anilines is 1. The summed E-state index contributed by atoms with van der Waals surface area (Å²) in [6.45, 7) is 0. The molecule has 14 heavy (non-hydrogen) atoms. The molecule has 0 aromatic heterocycles. The van der Waals surface area contributed by atoms with E-state index in [0.29, 0.717) is 5.02 Å². The molecule has 6 heteroatoms. The van der Waals surface area contributed by atoms with Crippen molar-refractivity contribution >= 4 is 34.6 Å². The summed E-state index contributed by atoms with van der Waals surface area (Å²) in [6.07, 6.45) is 1.72. The largest absolute Gasteiger partial charge is 1.00 e. The summed E-state index contributed by atoms with van der Waals surface area (Å²) in [6, 6.07) is 7.07. The number of benzene rings is 1. The van der Waals surface area contributed by atoms with Crippen LogP contribution in [0, 0.1) is 11.5 Å². The molecule has 0 aliphatic heterocycles. The summed E-state index contributed by atoms with van der Waals surface area (Å²) in [5.74, 6) is 0. The van der Waals surface area contributed by atoms with Crippen molar-refractivity contribution in [1.29, 1.82) is 5.26 Å². The molecule has 3 nitrogen and oxygen atoms in total. The molecule has 0 saturated heterocycles. The van der Waals surface area contributed by atoms with Crippen molar-refractivity contribution in [2.24, 2.45) is 0 Å². The van der Waals surface area contributed by atoms with Gasteiger partial charge in [-0.25, -0.2) is 0 Å². The monoisotopic (exact) mass is 235 g/mol. The molecule has 0 unspecified atom stereocenters. The van der Waals surface area contributed by atoms with Gasteiger partial charge in [-0.2, -0.15) is 5.26 Å². The summed E-state index contributed by atoms with van der Waals surface area (Å²) in [4.78, 5) is 0. The average Bonchev–Trinajstić information content (AvgIpc) is 2.04. The fourth-order valence-corrected chi connectivity index (χ4v) is 1.13. The van der Waals surface area contributed by atoms with E-state index in [1.54, 1.807) is 30.5 Å². The molecule has 1 aromatic rings. The maximum absolute atomic E-state index is 8.25. The van der Waals surface area contributed by atoms with Gasteiger partial charge in [-0.15, -0.1) is 0 Å². The van der Waals surface area contributed by atoms with Crippen LogP contribution in [0.25, 0.3) is 0 Å². The molecule has 1 aromatic carbocycles. The molecule has 0 atom stereocenters. The van der Waals surface area contributed by atoms with E-state index in [4.69, 9.17) is 29.1 Å². The first-order valence-corrected chi connectivity index (χ1v) is 4.22. The molecule has 0 spiro atoms. The zero-order valence-corrected chi connectivity index (χ0v) is 11.1. The maximum Gasteiger partial charge on any atom is 1.00 e. The number of nitrogens with zero attached hydrogens (tertiary/aromatic N) is 1. The number of hydrogen-bond donors (Lipinski definition) is 2. The molecule has 0 amide bonds. The second-order valence-electron chi connectivity index (χ2n) is 2.20. The van der Waals surface area contributed by atoms with Crippen LogP contribution in [0.1, 0.15) is 1.43 Å². The van der Waals surface area contributed by atoms with E-state index in [0.717, 1.165) is 5.69 Å². The summed E-state index contributed by atoms with van der Waals surface area (Å²) in [5.41, 5.74) is 0.750. The smallest absolute Gasteiger partial charge is 1.00 e. The predicted octanol–water partition coefficient (Wildman–Crippen LogP) is -0.776. The van der Waals surface area contributed by atoms with Gasteiger partial charge in [0.1, 0.15) is 0 Å². The van der Waals surface area contributed by atoms with Crippen molar-refractivity contribution in [3.8, 4) is 6.19 Å². The van der Waals surface area contributed by atoms with Crippen molar-refractivity contribution in [3.63, 3.8) is 0 Å². The van der Waals surface area contributed by atoms with E-state index in [1.807, 2.05) is 0 Å². The number of hydrogen-bond acceptors (Lipinski definition) is 2. The standard InChI is InChI=1S/C8H6ClN3S.Na.H/c9-6-2-1-3-7(4-6)12-8(13)11-5-10;;/h1-4H,(H2,11,12,13);;/q;+1;-1. The Morgan fingerprint density at radius 2 is 2.29 bits per heavy atom. The first-order chi connectivity index (χ1) is 6.22. The van der Waals surface area contributed by atoms with Crippen LogP contribution in [0.5, 0.6) is 0 Å². The summed E-state index contributed by atoms with van der Waals surface area (Å²) in [7, 11) is 0. The minimum atomic E-state index is 0. The molecule has 0 bridgehead atoms. The molecule has 0 radical (unpaired) electrons. The zero-order chi connectivity index (χ0) is 9.68. The minimum Gasteiger partial charge on any atom is -1.00 e. The van der Waals surface area contributed by atoms with Gasteiger partial charge in [0.25, 0.3) is 0 Å². The molecular formula is C8H7ClN3NaS. The quantitative estimate of drug-likeness (QED) is 0.290. The first-order valence-electron chi connectivity index (χ1n) is 3.44. The van der Waals surface area contributed by atoms with Gasteiger partial charge < -0.3 is 6.74 Å². The normalized spacial score (nSPS) is 8.00. The molecule has 0 aliphatic rings. The Morgan fingerprint density at radius 3 is 2.86 bits per heavy atom. The van der Waals surface area contributed by atoms with Crippen molar-refractivity contribution < 1.29 is 31.0 Å². The fourth-order valence-electron chi connectivity index (χ4n) is 0.779. The minimum absolute atomic E-state index is 0. The third kappa shape index (κ3) is 4.80. The Hall–Kier alpha value is -0.310. The molecule has 1 rings (SSSR count). The third-order valence-corrected chi connectivity index (χ3v) is 1.69. The molecule has 2 N–H and O–H groups in total. The van der Waals surface area contributed by atoms with Crippen molar-refractivity contribution in [2.45, 2.75) is 0 Å². The van der Waals surface area contributed by atoms with Gasteiger partial charge in [-0.3, -0.25) is 5.32 Å². The molecule has 0 heterocycles. The average molecular weight is 236 g/mol. The van der Waals surface area contributed by atoms with Crippen LogP contribution in [0.15, 0.2) is 24.3 Å². The SMILES string of the molecule is N#CNC(=S)Nc1cccc(Cl)c1.[H-].[Na+]. The van der Waals surface area contributed by atoms with Crippen LogP contribution in [0.4, 0.5) is 5.69 Å². The van der Waals surface area contributed by atoms with Crippen molar-refractivity contribution in [3.05, 3.63) is 29.3 Å². The summed E-state index contributed by atoms with van der Waals surface area (Å²) < 4.78 is 0. The number of nitriles is 1. The maximum atomic E-state index is 8.25. The zero-order valence-electron chi connectivity index (χ0n) is 8.54. The van der Waals surface area contributed by atoms with E-state index in [2.05, 4.69) is 10.6 Å². The Labute approximate surface area is 116 Å². The molecule has 0 saturated carbocycles. The number of rotatable bonds is 1. The first kappa shape index (κ1) is 13.7. The van der Waals surface area contributed by atoms with E-state index < -0.39 is 0 Å². The topological polar surface area (TPSA) is 47.9 Å². The fraction of sp³-hybridized carbons (Fsp3) is 0. The third-order valence-electron chi connectivity index (χ3n) is 1.25. The Balaban J connectivity index is 0. The van der Waals surface area contributed by atoms with Crippen LogP contribution in [0.3, 0.4) is 0 Å². The second-order valence-corrected chi connectivity index (χ2v) is 3.05. The number of halogens is 1. The van der Waals surface area contributed by atoms with E-state index >= 15 is 0 Å². The van der Waals surface area contributed by atoms with Gasteiger partial charge in [0.15, 0.2) is 11.3 Å². The summed E-state index contributed by atoms with van der Waals surface area (Å²) >= 11 is 10.5. The Kier molecular flexibility index (Phi) is 6.89. The molecular weight excluding hydrogens is 229 g/mol. The number of nitrogens with one attached hydrogen (secondary N) is 2. The van der Waals surface area contributed by atoms with Gasteiger partial charge in [-0.05, 0) is 30.4 Å². The Bertz CT molecular complexity index is 369. The summed E-state index contributed by atoms with van der Waals surface area (Å²) in [5, 5.41) is 14.2. The Morgan fingerprint density at radius 1 is 1.57 bits per heavy atom. The van der Waals surface area contributed by atoms with E-state index in [1.165, 1.54) is 0 Å². The van der Waals surface area contributed by atoms with Crippen LogP contribution < -0.4 is 40.2 Å². The van der Waals surface area contributed by atoms with Gasteiger partial charge in [0.2, 0.25) is 0 Å². The molecule has 0 aliphatic carbocycles. The van der Waals surface area contributed by atoms with E-state index in [-0.39, 0.29) is 36.1 Å². The van der Waals surface area contributed by atoms with Crippen LogP contribution in [-0.4, -0.2) is 5.11 Å². The van der Waals surface area contributed by atoms with Gasteiger partial charge >= 0.3 is 29.6 Å². The van der Waals surface area contributed by atoms with Crippen molar-refractivity contribution in [2.75, 3.05) is 5.32 Å². The van der Waals surface area contributed by atoms with Crippen molar-refractivity contribution in [1.82, 2.24) is 5.32 Å². The van der Waals surface area contributed by atoms with Gasteiger partial charge in [-0.1, -0.05) is 17.7 Å². The van der Waals surface area contributed by atoms with Gasteiger partial charge in [0.05, 0.1) is 0 Å². The second kappa shape index (κ2) is 7.04. The molecule has 68 valence electrons. The van der Waals surface area contributed by atoms with Crippen LogP contribution in [0.2, 0.25) is 5.02 Å². The molecule has 0 fully saturated rings.